The monoisotopic (exact) mass is 371 g/mol. The molecule has 0 saturated carbocycles. The lowest BCUT2D eigenvalue weighted by molar-refractivity contribution is 0.117. The second-order valence-corrected chi connectivity index (χ2v) is 7.21. The van der Waals surface area contributed by atoms with Gasteiger partial charge in [0.2, 0.25) is 5.95 Å². The summed E-state index contributed by atoms with van der Waals surface area (Å²) in [4.78, 5) is 27.4. The van der Waals surface area contributed by atoms with Gasteiger partial charge in [0.15, 0.2) is 0 Å². The number of nitrogens with two attached hydrogens (primary N) is 2. The maximum absolute atomic E-state index is 11.1. The van der Waals surface area contributed by atoms with Crippen molar-refractivity contribution in [3.05, 3.63) is 18.2 Å². The third-order valence-electron chi connectivity index (χ3n) is 5.20. The molecule has 4 N–H and O–H groups in total. The number of piperazine rings is 1. The number of aromatic nitrogens is 2. The summed E-state index contributed by atoms with van der Waals surface area (Å²) < 4.78 is 5.17. The van der Waals surface area contributed by atoms with Crippen LogP contribution in [0.1, 0.15) is 6.42 Å². The number of fused-ring (bicyclic) bond motifs is 1. The van der Waals surface area contributed by atoms with Crippen molar-refractivity contribution >= 4 is 34.4 Å². The molecule has 0 spiro atoms. The van der Waals surface area contributed by atoms with Crippen molar-refractivity contribution < 1.29 is 9.53 Å². The van der Waals surface area contributed by atoms with Crippen molar-refractivity contribution in [1.82, 2.24) is 14.9 Å². The summed E-state index contributed by atoms with van der Waals surface area (Å²) in [5.41, 5.74) is 12.7. The first-order valence-corrected chi connectivity index (χ1v) is 9.21. The Bertz CT molecular complexity index is 851. The Morgan fingerprint density at radius 1 is 1.15 bits per heavy atom. The van der Waals surface area contributed by atoms with E-state index in [0.717, 1.165) is 61.8 Å². The fourth-order valence-corrected chi connectivity index (χ4v) is 3.69. The molecule has 2 saturated heterocycles. The van der Waals surface area contributed by atoms with Crippen LogP contribution in [-0.4, -0.2) is 73.4 Å². The fourth-order valence-electron chi connectivity index (χ4n) is 3.69. The largest absolute Gasteiger partial charge is 0.444 e. The molecule has 2 aromatic rings. The topological polar surface area (TPSA) is 114 Å². The van der Waals surface area contributed by atoms with Gasteiger partial charge in [0, 0.05) is 50.2 Å². The molecule has 144 valence electrons. The molecule has 3 heterocycles. The molecule has 1 aromatic carbocycles. The van der Waals surface area contributed by atoms with Crippen molar-refractivity contribution in [3.63, 3.8) is 0 Å². The number of primary amides is 1. The molecule has 4 rings (SSSR count). The highest BCUT2D eigenvalue weighted by Crippen LogP contribution is 2.31. The Morgan fingerprint density at radius 2 is 1.93 bits per heavy atom. The van der Waals surface area contributed by atoms with Gasteiger partial charge in [-0.15, -0.1) is 0 Å². The molecule has 0 radical (unpaired) electrons. The highest BCUT2D eigenvalue weighted by molar-refractivity contribution is 5.92. The lowest BCUT2D eigenvalue weighted by Gasteiger charge is -2.33. The third-order valence-corrected chi connectivity index (χ3v) is 5.20. The zero-order valence-corrected chi connectivity index (χ0v) is 15.5. The number of anilines is 3. The Kier molecular flexibility index (Phi) is 4.61. The van der Waals surface area contributed by atoms with Crippen molar-refractivity contribution in [2.75, 3.05) is 61.8 Å². The van der Waals surface area contributed by atoms with Crippen molar-refractivity contribution in [3.8, 4) is 0 Å². The van der Waals surface area contributed by atoms with Crippen molar-refractivity contribution in [1.29, 1.82) is 0 Å². The van der Waals surface area contributed by atoms with E-state index in [2.05, 4.69) is 21.7 Å². The maximum atomic E-state index is 11.1. The van der Waals surface area contributed by atoms with Gasteiger partial charge in [0.25, 0.3) is 0 Å². The molecular formula is C18H25N7O2. The minimum Gasteiger partial charge on any atom is -0.444 e. The number of amides is 1. The number of nitrogens with zero attached hydrogens (tertiary/aromatic N) is 5. The van der Waals surface area contributed by atoms with Crippen LogP contribution in [-0.2, 0) is 4.74 Å². The van der Waals surface area contributed by atoms with Crippen molar-refractivity contribution in [2.45, 2.75) is 12.5 Å². The third kappa shape index (κ3) is 3.68. The second-order valence-electron chi connectivity index (χ2n) is 7.21. The number of likely N-dealkylation sites (N-methyl/N-ethyl adjacent to an activating group) is 1. The highest BCUT2D eigenvalue weighted by Gasteiger charge is 2.28. The maximum Gasteiger partial charge on any atom is 0.404 e. The van der Waals surface area contributed by atoms with Crippen LogP contribution in [0.2, 0.25) is 0 Å². The molecule has 27 heavy (non-hydrogen) atoms. The van der Waals surface area contributed by atoms with E-state index in [1.165, 1.54) is 0 Å². The zero-order chi connectivity index (χ0) is 19.0. The number of hydrogen-bond donors (Lipinski definition) is 2. The van der Waals surface area contributed by atoms with Crippen molar-refractivity contribution in [2.24, 2.45) is 5.73 Å². The van der Waals surface area contributed by atoms with Crippen LogP contribution < -0.4 is 21.3 Å². The van der Waals surface area contributed by atoms with Crippen LogP contribution in [0.15, 0.2) is 18.2 Å². The predicted octanol–water partition coefficient (Wildman–Crippen LogP) is 0.638. The summed E-state index contributed by atoms with van der Waals surface area (Å²) in [6.07, 6.45) is -0.221. The molecule has 0 bridgehead atoms. The molecular weight excluding hydrogens is 346 g/mol. The normalized spacial score (nSPS) is 21.0. The van der Waals surface area contributed by atoms with E-state index in [9.17, 15) is 4.79 Å². The SMILES string of the molecule is CN1CCN(c2nc(N3CCC(OC(N)=O)C3)c3ccc(N)cc3n2)CC1. The van der Waals surface area contributed by atoms with Gasteiger partial charge in [-0.2, -0.15) is 4.98 Å². The highest BCUT2D eigenvalue weighted by atomic mass is 16.6. The lowest BCUT2D eigenvalue weighted by Crippen LogP contribution is -2.45. The number of rotatable bonds is 3. The fraction of sp³-hybridized carbons (Fsp3) is 0.500. The van der Waals surface area contributed by atoms with Crippen LogP contribution in [0.4, 0.5) is 22.2 Å². The number of hydrogen-bond acceptors (Lipinski definition) is 8. The summed E-state index contributed by atoms with van der Waals surface area (Å²) in [6, 6.07) is 5.70. The second kappa shape index (κ2) is 7.07. The standard InChI is InChI=1S/C18H25N7O2/c1-23-6-8-24(9-7-23)18-21-15-10-12(19)2-3-14(15)16(22-18)25-5-4-13(11-25)27-17(20)26/h2-3,10,13H,4-9,11,19H2,1H3,(H2,20,26). The number of carbonyl (C=O) groups is 1. The van der Waals surface area contributed by atoms with Gasteiger partial charge in [0.1, 0.15) is 11.9 Å². The zero-order valence-electron chi connectivity index (χ0n) is 15.5. The van der Waals surface area contributed by atoms with Crippen LogP contribution in [0.5, 0.6) is 0 Å². The van der Waals surface area contributed by atoms with E-state index in [1.807, 2.05) is 18.2 Å². The van der Waals surface area contributed by atoms with E-state index in [4.69, 9.17) is 26.2 Å². The summed E-state index contributed by atoms with van der Waals surface area (Å²) in [7, 11) is 2.12. The molecule has 9 heteroatoms. The van der Waals surface area contributed by atoms with Gasteiger partial charge in [-0.25, -0.2) is 9.78 Å². The van der Waals surface area contributed by atoms with E-state index in [-0.39, 0.29) is 6.10 Å². The Balaban J connectivity index is 1.69. The van der Waals surface area contributed by atoms with Crippen LogP contribution >= 0.6 is 0 Å². The van der Waals surface area contributed by atoms with Gasteiger partial charge in [-0.1, -0.05) is 0 Å². The number of ether oxygens (including phenoxy) is 1. The summed E-state index contributed by atoms with van der Waals surface area (Å²) in [6.45, 7) is 5.05. The lowest BCUT2D eigenvalue weighted by atomic mass is 10.2. The Hall–Kier alpha value is -2.81. The molecule has 1 atom stereocenters. The Morgan fingerprint density at radius 3 is 2.67 bits per heavy atom. The molecule has 2 fully saturated rings. The minimum atomic E-state index is -0.736. The van der Waals surface area contributed by atoms with Gasteiger partial charge in [-0.05, 0) is 25.2 Å². The first kappa shape index (κ1) is 17.6. The van der Waals surface area contributed by atoms with Gasteiger partial charge < -0.3 is 30.9 Å². The average Bonchev–Trinajstić information content (AvgIpc) is 3.08. The van der Waals surface area contributed by atoms with Crippen LogP contribution in [0, 0.1) is 0 Å². The first-order chi connectivity index (χ1) is 13.0. The molecule has 0 aliphatic carbocycles. The Labute approximate surface area is 157 Å². The molecule has 2 aliphatic rings. The number of benzene rings is 1. The number of nitrogen functional groups attached to an aromatic ring is 1. The van der Waals surface area contributed by atoms with Gasteiger partial charge in [0.05, 0.1) is 12.1 Å². The quantitative estimate of drug-likeness (QED) is 0.756. The average molecular weight is 371 g/mol. The molecule has 1 aromatic heterocycles. The summed E-state index contributed by atoms with van der Waals surface area (Å²) in [5, 5.41) is 0.946. The first-order valence-electron chi connectivity index (χ1n) is 9.21. The smallest absolute Gasteiger partial charge is 0.404 e. The van der Waals surface area contributed by atoms with E-state index in [0.29, 0.717) is 12.2 Å². The summed E-state index contributed by atoms with van der Waals surface area (Å²) in [5.74, 6) is 1.57. The van der Waals surface area contributed by atoms with Crippen LogP contribution in [0.3, 0.4) is 0 Å². The van der Waals surface area contributed by atoms with Crippen LogP contribution in [0.25, 0.3) is 10.9 Å². The van der Waals surface area contributed by atoms with E-state index in [1.54, 1.807) is 0 Å². The van der Waals surface area contributed by atoms with Gasteiger partial charge in [-0.3, -0.25) is 0 Å². The number of carbonyl (C=O) groups excluding carboxylic acids is 1. The minimum absolute atomic E-state index is 0.214. The predicted molar refractivity (Wildman–Crippen MR) is 105 cm³/mol. The van der Waals surface area contributed by atoms with E-state index >= 15 is 0 Å². The molecule has 1 amide bonds. The van der Waals surface area contributed by atoms with Gasteiger partial charge >= 0.3 is 6.09 Å². The molecule has 2 aliphatic heterocycles. The summed E-state index contributed by atoms with van der Waals surface area (Å²) >= 11 is 0. The molecule has 9 nitrogen and oxygen atoms in total. The van der Waals surface area contributed by atoms with E-state index < -0.39 is 6.09 Å². The molecule has 1 unspecified atom stereocenters.